The van der Waals surface area contributed by atoms with Crippen LogP contribution < -0.4 is 0 Å². The molecule has 1 aliphatic rings. The Bertz CT molecular complexity index is 628. The zero-order chi connectivity index (χ0) is 17.0. The van der Waals surface area contributed by atoms with Gasteiger partial charge in [0.05, 0.1) is 12.0 Å². The van der Waals surface area contributed by atoms with E-state index in [1.807, 2.05) is 0 Å². The highest BCUT2D eigenvalue weighted by atomic mass is 19.1. The highest BCUT2D eigenvalue weighted by Crippen LogP contribution is 2.14. The van der Waals surface area contributed by atoms with Crippen LogP contribution in [0.5, 0.6) is 0 Å². The lowest BCUT2D eigenvalue weighted by Gasteiger charge is -2.34. The van der Waals surface area contributed by atoms with Crippen molar-refractivity contribution in [2.75, 3.05) is 26.2 Å². The fraction of sp³-hybridized carbons (Fsp3) is 0.400. The summed E-state index contributed by atoms with van der Waals surface area (Å²) in [7, 11) is 0. The van der Waals surface area contributed by atoms with Crippen LogP contribution in [0.4, 0.5) is 8.78 Å². The molecular weight excluding hydrogens is 310 g/mol. The van der Waals surface area contributed by atoms with E-state index in [0.29, 0.717) is 6.07 Å². The third-order valence-electron chi connectivity index (χ3n) is 3.63. The molecule has 1 aromatic rings. The fourth-order valence-corrected chi connectivity index (χ4v) is 2.36. The van der Waals surface area contributed by atoms with Crippen molar-refractivity contribution in [3.63, 3.8) is 0 Å². The molecule has 1 aromatic carbocycles. The summed E-state index contributed by atoms with van der Waals surface area (Å²) in [6, 6.07) is 2.76. The van der Waals surface area contributed by atoms with Crippen LogP contribution in [0.1, 0.15) is 23.2 Å². The van der Waals surface area contributed by atoms with Gasteiger partial charge in [-0.3, -0.25) is 14.4 Å². The van der Waals surface area contributed by atoms with Gasteiger partial charge in [-0.05, 0) is 12.1 Å². The molecule has 1 heterocycles. The van der Waals surface area contributed by atoms with Gasteiger partial charge in [-0.15, -0.1) is 0 Å². The Morgan fingerprint density at radius 2 is 1.61 bits per heavy atom. The first-order valence-corrected chi connectivity index (χ1v) is 7.12. The van der Waals surface area contributed by atoms with Crippen LogP contribution >= 0.6 is 0 Å². The predicted octanol–water partition coefficient (Wildman–Crippen LogP) is 1.11. The number of amides is 2. The Kier molecular flexibility index (Phi) is 5.25. The molecular formula is C15H16F2N2O4. The van der Waals surface area contributed by atoms with Crippen LogP contribution in [0.15, 0.2) is 18.2 Å². The molecule has 124 valence electrons. The molecule has 1 N–H and O–H groups in total. The van der Waals surface area contributed by atoms with Crippen LogP contribution in [0, 0.1) is 11.6 Å². The fourth-order valence-electron chi connectivity index (χ4n) is 2.36. The number of hydrogen-bond donors (Lipinski definition) is 1. The molecule has 8 heteroatoms. The molecule has 0 radical (unpaired) electrons. The number of carboxylic acid groups (broad SMARTS) is 1. The van der Waals surface area contributed by atoms with Crippen molar-refractivity contribution in [1.29, 1.82) is 0 Å². The van der Waals surface area contributed by atoms with E-state index in [-0.39, 0.29) is 50.5 Å². The summed E-state index contributed by atoms with van der Waals surface area (Å²) in [6.07, 6.45) is -0.325. The van der Waals surface area contributed by atoms with E-state index in [9.17, 15) is 23.2 Å². The number of carbonyl (C=O) groups excluding carboxylic acids is 2. The van der Waals surface area contributed by atoms with Gasteiger partial charge in [-0.2, -0.15) is 0 Å². The van der Waals surface area contributed by atoms with Gasteiger partial charge < -0.3 is 14.9 Å². The summed E-state index contributed by atoms with van der Waals surface area (Å²) in [5.74, 6) is -3.56. The first kappa shape index (κ1) is 16.9. The maximum atomic E-state index is 13.6. The van der Waals surface area contributed by atoms with Gasteiger partial charge >= 0.3 is 5.97 Å². The molecule has 0 bridgehead atoms. The molecule has 2 amide bonds. The van der Waals surface area contributed by atoms with Gasteiger partial charge in [0.15, 0.2) is 0 Å². The van der Waals surface area contributed by atoms with E-state index >= 15 is 0 Å². The molecule has 0 spiro atoms. The summed E-state index contributed by atoms with van der Waals surface area (Å²) >= 11 is 0. The number of piperazine rings is 1. The molecule has 1 aliphatic heterocycles. The van der Waals surface area contributed by atoms with E-state index in [1.54, 1.807) is 0 Å². The largest absolute Gasteiger partial charge is 0.481 e. The van der Waals surface area contributed by atoms with Gasteiger partial charge in [0.1, 0.15) is 11.6 Å². The number of halogens is 2. The second-order valence-electron chi connectivity index (χ2n) is 5.19. The lowest BCUT2D eigenvalue weighted by Crippen LogP contribution is -2.50. The Labute approximate surface area is 131 Å². The van der Waals surface area contributed by atoms with Crippen molar-refractivity contribution >= 4 is 17.8 Å². The minimum absolute atomic E-state index is 0.0874. The number of hydrogen-bond acceptors (Lipinski definition) is 3. The van der Waals surface area contributed by atoms with E-state index in [1.165, 1.54) is 9.80 Å². The molecule has 1 saturated heterocycles. The number of nitrogens with zero attached hydrogens (tertiary/aromatic N) is 2. The van der Waals surface area contributed by atoms with E-state index < -0.39 is 23.5 Å². The predicted molar refractivity (Wildman–Crippen MR) is 75.7 cm³/mol. The number of carbonyl (C=O) groups is 3. The molecule has 2 rings (SSSR count). The highest BCUT2D eigenvalue weighted by Gasteiger charge is 2.26. The van der Waals surface area contributed by atoms with E-state index in [4.69, 9.17) is 5.11 Å². The average molecular weight is 326 g/mol. The first-order valence-electron chi connectivity index (χ1n) is 7.12. The number of aliphatic carboxylic acids is 1. The lowest BCUT2D eigenvalue weighted by atomic mass is 10.1. The summed E-state index contributed by atoms with van der Waals surface area (Å²) in [4.78, 5) is 37.3. The third-order valence-corrected chi connectivity index (χ3v) is 3.63. The summed E-state index contributed by atoms with van der Waals surface area (Å²) in [6.45, 7) is 0.947. The summed E-state index contributed by atoms with van der Waals surface area (Å²) < 4.78 is 26.5. The zero-order valence-corrected chi connectivity index (χ0v) is 12.3. The minimum Gasteiger partial charge on any atom is -0.481 e. The molecule has 0 aliphatic carbocycles. The van der Waals surface area contributed by atoms with E-state index in [2.05, 4.69) is 0 Å². The smallest absolute Gasteiger partial charge is 0.303 e. The standard InChI is InChI=1S/C15H16F2N2O4/c16-10-1-2-11(12(17)9-10)15(23)19-7-5-18(6-8-19)13(20)3-4-14(21)22/h1-2,9H,3-8H2,(H,21,22). The van der Waals surface area contributed by atoms with Crippen molar-refractivity contribution < 1.29 is 28.3 Å². The zero-order valence-electron chi connectivity index (χ0n) is 12.3. The first-order chi connectivity index (χ1) is 10.9. The quantitative estimate of drug-likeness (QED) is 0.899. The van der Waals surface area contributed by atoms with Crippen molar-refractivity contribution in [1.82, 2.24) is 9.80 Å². The molecule has 6 nitrogen and oxygen atoms in total. The van der Waals surface area contributed by atoms with Crippen LogP contribution in [0.2, 0.25) is 0 Å². The Morgan fingerprint density at radius 1 is 1.00 bits per heavy atom. The normalized spacial score (nSPS) is 14.7. The minimum atomic E-state index is -1.04. The Morgan fingerprint density at radius 3 is 2.17 bits per heavy atom. The maximum Gasteiger partial charge on any atom is 0.303 e. The van der Waals surface area contributed by atoms with Crippen LogP contribution in [0.25, 0.3) is 0 Å². The maximum absolute atomic E-state index is 13.6. The van der Waals surface area contributed by atoms with Crippen LogP contribution in [-0.4, -0.2) is 58.9 Å². The van der Waals surface area contributed by atoms with Crippen molar-refractivity contribution in [2.24, 2.45) is 0 Å². The Hall–Kier alpha value is -2.51. The molecule has 0 atom stereocenters. The molecule has 0 aromatic heterocycles. The van der Waals surface area contributed by atoms with E-state index in [0.717, 1.165) is 12.1 Å². The summed E-state index contributed by atoms with van der Waals surface area (Å²) in [5, 5.41) is 8.56. The number of benzene rings is 1. The third kappa shape index (κ3) is 4.24. The van der Waals surface area contributed by atoms with Gasteiger partial charge in [0, 0.05) is 38.7 Å². The number of carboxylic acids is 1. The second-order valence-corrected chi connectivity index (χ2v) is 5.19. The number of rotatable bonds is 4. The van der Waals surface area contributed by atoms with Crippen molar-refractivity contribution in [2.45, 2.75) is 12.8 Å². The van der Waals surface area contributed by atoms with Gasteiger partial charge in [0.2, 0.25) is 5.91 Å². The highest BCUT2D eigenvalue weighted by molar-refractivity contribution is 5.94. The molecule has 0 unspecified atom stereocenters. The van der Waals surface area contributed by atoms with Crippen LogP contribution in [0.3, 0.4) is 0 Å². The van der Waals surface area contributed by atoms with Gasteiger partial charge in [0.25, 0.3) is 5.91 Å². The average Bonchev–Trinajstić information content (AvgIpc) is 2.52. The van der Waals surface area contributed by atoms with Gasteiger partial charge in [-0.25, -0.2) is 8.78 Å². The second kappa shape index (κ2) is 7.17. The van der Waals surface area contributed by atoms with Crippen molar-refractivity contribution in [3.8, 4) is 0 Å². The van der Waals surface area contributed by atoms with Crippen molar-refractivity contribution in [3.05, 3.63) is 35.4 Å². The monoisotopic (exact) mass is 326 g/mol. The summed E-state index contributed by atoms with van der Waals surface area (Å²) in [5.41, 5.74) is -0.211. The SMILES string of the molecule is O=C(O)CCC(=O)N1CCN(C(=O)c2ccc(F)cc2F)CC1. The topological polar surface area (TPSA) is 77.9 Å². The molecule has 1 fully saturated rings. The molecule has 0 saturated carbocycles. The molecule has 23 heavy (non-hydrogen) atoms. The van der Waals surface area contributed by atoms with Gasteiger partial charge in [-0.1, -0.05) is 0 Å². The lowest BCUT2D eigenvalue weighted by molar-refractivity contribution is -0.141. The Balaban J connectivity index is 1.92. The van der Waals surface area contributed by atoms with Crippen LogP contribution in [-0.2, 0) is 9.59 Å².